The lowest BCUT2D eigenvalue weighted by Crippen LogP contribution is -2.38. The van der Waals surface area contributed by atoms with Gasteiger partial charge in [0.25, 0.3) is 0 Å². The van der Waals surface area contributed by atoms with E-state index in [-0.39, 0.29) is 18.1 Å². The van der Waals surface area contributed by atoms with Crippen molar-refractivity contribution in [2.24, 2.45) is 7.05 Å². The minimum Gasteiger partial charge on any atom is -0.396 e. The van der Waals surface area contributed by atoms with Crippen molar-refractivity contribution in [1.29, 1.82) is 0 Å². The van der Waals surface area contributed by atoms with Gasteiger partial charge in [-0.05, 0) is 12.5 Å². The van der Waals surface area contributed by atoms with Crippen LogP contribution in [0.4, 0.5) is 0 Å². The Balaban J connectivity index is 2.77. The lowest BCUT2D eigenvalue weighted by Gasteiger charge is -2.16. The molecule has 98 valence electrons. The van der Waals surface area contributed by atoms with Gasteiger partial charge in [-0.1, -0.05) is 0 Å². The number of nitrogens with zero attached hydrogens (tertiary/aromatic N) is 1. The van der Waals surface area contributed by atoms with Gasteiger partial charge >= 0.3 is 0 Å². The summed E-state index contributed by atoms with van der Waals surface area (Å²) in [6.07, 6.45) is 3.50. The zero-order valence-corrected chi connectivity index (χ0v) is 10.8. The number of aliphatic hydroxyl groups excluding tert-OH is 1. The molecule has 0 spiro atoms. The Kier molecular flexibility index (Phi) is 5.13. The molecule has 0 aliphatic carbocycles. The van der Waals surface area contributed by atoms with Crippen molar-refractivity contribution in [1.82, 2.24) is 9.29 Å². The smallest absolute Gasteiger partial charge is 0.242 e. The van der Waals surface area contributed by atoms with Crippen LogP contribution in [0.1, 0.15) is 6.42 Å². The first-order chi connectivity index (χ1) is 7.99. The van der Waals surface area contributed by atoms with E-state index in [9.17, 15) is 8.42 Å². The second-order valence-electron chi connectivity index (χ2n) is 3.80. The van der Waals surface area contributed by atoms with Gasteiger partial charge in [0.1, 0.15) is 0 Å². The van der Waals surface area contributed by atoms with E-state index < -0.39 is 16.1 Å². The summed E-state index contributed by atoms with van der Waals surface area (Å²) in [7, 11) is -0.308. The summed E-state index contributed by atoms with van der Waals surface area (Å²) in [5.41, 5.74) is 0. The van der Waals surface area contributed by atoms with E-state index in [1.54, 1.807) is 17.8 Å². The largest absolute Gasteiger partial charge is 0.396 e. The van der Waals surface area contributed by atoms with Crippen LogP contribution in [0.15, 0.2) is 23.4 Å². The minimum atomic E-state index is -3.54. The highest BCUT2D eigenvalue weighted by molar-refractivity contribution is 7.89. The third kappa shape index (κ3) is 4.12. The quantitative estimate of drug-likeness (QED) is 0.707. The van der Waals surface area contributed by atoms with Crippen LogP contribution < -0.4 is 4.72 Å². The van der Waals surface area contributed by atoms with E-state index >= 15 is 0 Å². The highest BCUT2D eigenvalue weighted by Gasteiger charge is 2.20. The molecule has 1 aromatic rings. The second kappa shape index (κ2) is 6.15. The lowest BCUT2D eigenvalue weighted by molar-refractivity contribution is 0.158. The van der Waals surface area contributed by atoms with Crippen molar-refractivity contribution in [3.05, 3.63) is 18.5 Å². The number of aliphatic hydroxyl groups is 1. The number of methoxy groups -OCH3 is 1. The van der Waals surface area contributed by atoms with Gasteiger partial charge in [0, 0.05) is 39.2 Å². The number of aryl methyl sites for hydroxylation is 1. The van der Waals surface area contributed by atoms with Crippen LogP contribution in [0.3, 0.4) is 0 Å². The van der Waals surface area contributed by atoms with E-state index in [0.717, 1.165) is 0 Å². The predicted octanol–water partition coefficient (Wildman–Crippen LogP) is -0.299. The van der Waals surface area contributed by atoms with Gasteiger partial charge in [0.05, 0.1) is 11.5 Å². The number of hydrogen-bond acceptors (Lipinski definition) is 4. The molecule has 17 heavy (non-hydrogen) atoms. The van der Waals surface area contributed by atoms with Crippen molar-refractivity contribution in [2.45, 2.75) is 17.4 Å². The lowest BCUT2D eigenvalue weighted by atomic mass is 10.2. The molecule has 0 bridgehead atoms. The third-order valence-corrected chi connectivity index (χ3v) is 3.79. The summed E-state index contributed by atoms with van der Waals surface area (Å²) in [4.78, 5) is 0.207. The standard InChI is InChI=1S/C10H18N2O4S/c1-12-5-3-10(7-12)17(14,15)11-9(4-6-13)8-16-2/h3,5,7,9,11,13H,4,6,8H2,1-2H3. The van der Waals surface area contributed by atoms with Crippen molar-refractivity contribution in [2.75, 3.05) is 20.3 Å². The molecular weight excluding hydrogens is 244 g/mol. The average Bonchev–Trinajstić information content (AvgIpc) is 2.66. The molecular formula is C10H18N2O4S. The number of aromatic nitrogens is 1. The molecule has 2 N–H and O–H groups in total. The highest BCUT2D eigenvalue weighted by atomic mass is 32.2. The van der Waals surface area contributed by atoms with E-state index in [2.05, 4.69) is 4.72 Å². The topological polar surface area (TPSA) is 80.6 Å². The molecule has 1 unspecified atom stereocenters. The summed E-state index contributed by atoms with van der Waals surface area (Å²) in [6.45, 7) is 0.137. The van der Waals surface area contributed by atoms with Crippen LogP contribution in [0, 0.1) is 0 Å². The van der Waals surface area contributed by atoms with Gasteiger partial charge in [0.2, 0.25) is 10.0 Å². The Labute approximate surface area is 101 Å². The number of nitrogens with one attached hydrogen (secondary N) is 1. The van der Waals surface area contributed by atoms with E-state index in [1.807, 2.05) is 0 Å². The van der Waals surface area contributed by atoms with Gasteiger partial charge in [0.15, 0.2) is 0 Å². The molecule has 0 aliphatic heterocycles. The minimum absolute atomic E-state index is 0.0919. The Hall–Kier alpha value is -0.890. The maximum atomic E-state index is 11.9. The van der Waals surface area contributed by atoms with E-state index in [1.165, 1.54) is 19.4 Å². The molecule has 7 heteroatoms. The Morgan fingerprint density at radius 1 is 1.59 bits per heavy atom. The van der Waals surface area contributed by atoms with Crippen LogP contribution in [0.5, 0.6) is 0 Å². The maximum absolute atomic E-state index is 11.9. The number of ether oxygens (including phenoxy) is 1. The first kappa shape index (κ1) is 14.2. The molecule has 0 aromatic carbocycles. The number of sulfonamides is 1. The third-order valence-electron chi connectivity index (χ3n) is 2.28. The van der Waals surface area contributed by atoms with Crippen molar-refractivity contribution in [3.8, 4) is 0 Å². The molecule has 0 amide bonds. The first-order valence-electron chi connectivity index (χ1n) is 5.23. The van der Waals surface area contributed by atoms with Crippen LogP contribution in [0.25, 0.3) is 0 Å². The van der Waals surface area contributed by atoms with E-state index in [0.29, 0.717) is 6.42 Å². The number of hydrogen-bond donors (Lipinski definition) is 2. The summed E-state index contributed by atoms with van der Waals surface area (Å²) in [5, 5.41) is 8.84. The molecule has 0 saturated heterocycles. The molecule has 0 saturated carbocycles. The molecule has 1 aromatic heterocycles. The Morgan fingerprint density at radius 3 is 2.76 bits per heavy atom. The molecule has 0 aliphatic rings. The second-order valence-corrected chi connectivity index (χ2v) is 5.51. The summed E-state index contributed by atoms with van der Waals surface area (Å²) >= 11 is 0. The van der Waals surface area contributed by atoms with Crippen LogP contribution in [-0.4, -0.2) is 44.5 Å². The van der Waals surface area contributed by atoms with Gasteiger partial charge < -0.3 is 14.4 Å². The van der Waals surface area contributed by atoms with Gasteiger partial charge in [-0.2, -0.15) is 0 Å². The van der Waals surface area contributed by atoms with Crippen LogP contribution >= 0.6 is 0 Å². The molecule has 0 radical (unpaired) electrons. The Morgan fingerprint density at radius 2 is 2.29 bits per heavy atom. The fourth-order valence-electron chi connectivity index (χ4n) is 1.46. The fourth-order valence-corrected chi connectivity index (χ4v) is 2.76. The van der Waals surface area contributed by atoms with Crippen molar-refractivity contribution >= 4 is 10.0 Å². The van der Waals surface area contributed by atoms with Gasteiger partial charge in [-0.25, -0.2) is 13.1 Å². The van der Waals surface area contributed by atoms with Crippen LogP contribution in [0.2, 0.25) is 0 Å². The fraction of sp³-hybridized carbons (Fsp3) is 0.600. The summed E-state index contributed by atoms with van der Waals surface area (Å²) in [5.74, 6) is 0. The van der Waals surface area contributed by atoms with Crippen molar-refractivity contribution < 1.29 is 18.3 Å². The van der Waals surface area contributed by atoms with Crippen LogP contribution in [-0.2, 0) is 21.8 Å². The normalized spacial score (nSPS) is 13.8. The first-order valence-corrected chi connectivity index (χ1v) is 6.72. The molecule has 1 rings (SSSR count). The Bertz CT molecular complexity index is 435. The molecule has 0 fully saturated rings. The number of rotatable bonds is 7. The SMILES string of the molecule is COCC(CCO)NS(=O)(=O)c1ccn(C)c1. The highest BCUT2D eigenvalue weighted by Crippen LogP contribution is 2.09. The molecule has 6 nitrogen and oxygen atoms in total. The summed E-state index contributed by atoms with van der Waals surface area (Å²) in [6, 6.07) is 1.10. The summed E-state index contributed by atoms with van der Waals surface area (Å²) < 4.78 is 32.9. The molecule has 1 heterocycles. The predicted molar refractivity (Wildman–Crippen MR) is 63.1 cm³/mol. The maximum Gasteiger partial charge on any atom is 0.242 e. The van der Waals surface area contributed by atoms with E-state index in [4.69, 9.17) is 9.84 Å². The van der Waals surface area contributed by atoms with Gasteiger partial charge in [-0.3, -0.25) is 0 Å². The monoisotopic (exact) mass is 262 g/mol. The van der Waals surface area contributed by atoms with Crippen molar-refractivity contribution in [3.63, 3.8) is 0 Å². The van der Waals surface area contributed by atoms with Gasteiger partial charge in [-0.15, -0.1) is 0 Å². The zero-order valence-electron chi connectivity index (χ0n) is 9.96. The average molecular weight is 262 g/mol. The molecule has 1 atom stereocenters. The zero-order chi connectivity index (χ0) is 12.9.